The molecule has 1 radical (unpaired) electrons. The number of hydrogen-bond donors (Lipinski definition) is 1. The van der Waals surface area contributed by atoms with Crippen molar-refractivity contribution >= 4 is 23.2 Å². The predicted molar refractivity (Wildman–Crippen MR) is 111 cm³/mol. The first-order valence-electron chi connectivity index (χ1n) is 9.75. The van der Waals surface area contributed by atoms with E-state index in [4.69, 9.17) is 5.73 Å². The number of nitrogens with two attached hydrogens (primary N) is 1. The lowest BCUT2D eigenvalue weighted by Crippen LogP contribution is -2.46. The minimum atomic E-state index is -0.632. The van der Waals surface area contributed by atoms with Crippen LogP contribution in [0.4, 0.5) is 0 Å². The Bertz CT molecular complexity index is 967. The molecule has 2 heterocycles. The molecule has 1 aromatic carbocycles. The van der Waals surface area contributed by atoms with Crippen LogP contribution in [0.5, 0.6) is 0 Å². The number of primary amides is 1. The number of benzene rings is 1. The van der Waals surface area contributed by atoms with E-state index in [1.165, 1.54) is 16.9 Å². The lowest BCUT2D eigenvalue weighted by Gasteiger charge is -2.30. The van der Waals surface area contributed by atoms with Crippen LogP contribution in [-0.4, -0.2) is 33.8 Å². The van der Waals surface area contributed by atoms with Crippen LogP contribution < -0.4 is 5.73 Å². The average Bonchev–Trinajstić information content (AvgIpc) is 3.26. The summed E-state index contributed by atoms with van der Waals surface area (Å²) in [6.07, 6.45) is 2.98. The van der Waals surface area contributed by atoms with Gasteiger partial charge in [0.1, 0.15) is 5.69 Å². The van der Waals surface area contributed by atoms with Gasteiger partial charge in [-0.15, -0.1) is 11.3 Å². The highest BCUT2D eigenvalue weighted by molar-refractivity contribution is 7.15. The van der Waals surface area contributed by atoms with Crippen molar-refractivity contribution in [2.45, 2.75) is 58.5 Å². The number of aryl methyl sites for hydroxylation is 3. The first kappa shape index (κ1) is 19.1. The molecule has 2 aromatic rings. The topological polar surface area (TPSA) is 76.3 Å². The van der Waals surface area contributed by atoms with Gasteiger partial charge in [0.2, 0.25) is 5.91 Å². The van der Waals surface area contributed by atoms with Crippen molar-refractivity contribution in [2.24, 2.45) is 11.1 Å². The minimum absolute atomic E-state index is 0.130. The van der Waals surface area contributed by atoms with E-state index in [0.717, 1.165) is 40.3 Å². The van der Waals surface area contributed by atoms with Crippen molar-refractivity contribution in [3.63, 3.8) is 0 Å². The zero-order valence-corrected chi connectivity index (χ0v) is 17.4. The van der Waals surface area contributed by atoms with Gasteiger partial charge in [0.25, 0.3) is 5.91 Å². The molecule has 4 rings (SSSR count). The highest BCUT2D eigenvalue weighted by Crippen LogP contribution is 2.51. The van der Waals surface area contributed by atoms with E-state index in [1.54, 1.807) is 4.90 Å². The number of fused-ring (bicyclic) bond motifs is 1. The van der Waals surface area contributed by atoms with Crippen molar-refractivity contribution in [3.8, 4) is 10.4 Å². The highest BCUT2D eigenvalue weighted by Gasteiger charge is 2.58. The zero-order chi connectivity index (χ0) is 20.2. The molecule has 2 N–H and O–H groups in total. The predicted octanol–water partition coefficient (Wildman–Crippen LogP) is 3.81. The van der Waals surface area contributed by atoms with Crippen LogP contribution in [0.1, 0.15) is 52.3 Å². The summed E-state index contributed by atoms with van der Waals surface area (Å²) in [7, 11) is 0. The number of amides is 2. The molecular formula is C22H26N3O2S. The van der Waals surface area contributed by atoms with E-state index in [2.05, 4.69) is 44.0 Å². The van der Waals surface area contributed by atoms with Gasteiger partial charge in [0.15, 0.2) is 0 Å². The lowest BCUT2D eigenvalue weighted by molar-refractivity contribution is -0.127. The summed E-state index contributed by atoms with van der Waals surface area (Å²) < 4.78 is 0. The number of aromatic nitrogens is 1. The second-order valence-electron chi connectivity index (χ2n) is 8.23. The summed E-state index contributed by atoms with van der Waals surface area (Å²) >= 11 is 1.54. The highest BCUT2D eigenvalue weighted by atomic mass is 32.1. The molecular weight excluding hydrogens is 370 g/mol. The Labute approximate surface area is 170 Å². The Morgan fingerprint density at radius 2 is 2.07 bits per heavy atom. The van der Waals surface area contributed by atoms with E-state index in [0.29, 0.717) is 12.1 Å². The summed E-state index contributed by atoms with van der Waals surface area (Å²) in [5.74, 6) is -0.433. The van der Waals surface area contributed by atoms with Crippen LogP contribution in [0.15, 0.2) is 18.2 Å². The first-order chi connectivity index (χ1) is 13.2. The Morgan fingerprint density at radius 1 is 1.32 bits per heavy atom. The quantitative estimate of drug-likeness (QED) is 0.857. The molecule has 2 aliphatic rings. The lowest BCUT2D eigenvalue weighted by atomic mass is 9.80. The third-order valence-corrected chi connectivity index (χ3v) is 7.36. The van der Waals surface area contributed by atoms with E-state index < -0.39 is 5.41 Å². The molecule has 1 saturated heterocycles. The van der Waals surface area contributed by atoms with Gasteiger partial charge in [-0.05, 0) is 58.1 Å². The molecule has 1 aliphatic heterocycles. The second-order valence-corrected chi connectivity index (χ2v) is 9.43. The van der Waals surface area contributed by atoms with Gasteiger partial charge in [-0.1, -0.05) is 30.2 Å². The summed E-state index contributed by atoms with van der Waals surface area (Å²) in [5.41, 5.74) is 8.96. The van der Waals surface area contributed by atoms with Gasteiger partial charge in [-0.25, -0.2) is 4.98 Å². The van der Waals surface area contributed by atoms with E-state index in [-0.39, 0.29) is 23.9 Å². The SMILES string of the molecule is [CH2][C@H]1C[C@@]2(C(N)=O)CCC[C@@H]2N1C(=O)c1nc(C)sc1-c1ccc(C)cc1C. The molecule has 2 fully saturated rings. The van der Waals surface area contributed by atoms with Gasteiger partial charge in [-0.2, -0.15) is 0 Å². The molecule has 3 atom stereocenters. The summed E-state index contributed by atoms with van der Waals surface area (Å²) in [6, 6.07) is 5.80. The fourth-order valence-electron chi connectivity index (χ4n) is 5.11. The maximum Gasteiger partial charge on any atom is 0.274 e. The summed E-state index contributed by atoms with van der Waals surface area (Å²) in [5, 5.41) is 0.853. The van der Waals surface area contributed by atoms with E-state index in [9.17, 15) is 9.59 Å². The Balaban J connectivity index is 1.76. The molecule has 0 spiro atoms. The number of hydrogen-bond acceptors (Lipinski definition) is 4. The molecule has 1 aromatic heterocycles. The molecule has 28 heavy (non-hydrogen) atoms. The van der Waals surface area contributed by atoms with Crippen LogP contribution in [0.25, 0.3) is 10.4 Å². The molecule has 5 nitrogen and oxygen atoms in total. The number of nitrogens with zero attached hydrogens (tertiary/aromatic N) is 2. The molecule has 147 valence electrons. The van der Waals surface area contributed by atoms with Crippen LogP contribution >= 0.6 is 11.3 Å². The standard InChI is InChI=1S/C22H26N3O2S/c1-12-7-8-16(13(2)10-12)19-18(24-15(4)28-19)20(26)25-14(3)11-22(21(23)27)9-5-6-17(22)25/h7-8,10,14,17H,3,5-6,9,11H2,1-2,4H3,(H2,23,27)/t14-,17-,22-/m0/s1. The average molecular weight is 397 g/mol. The molecule has 2 amide bonds. The van der Waals surface area contributed by atoms with Crippen LogP contribution in [0.2, 0.25) is 0 Å². The third kappa shape index (κ3) is 2.77. The number of rotatable bonds is 3. The molecule has 0 unspecified atom stereocenters. The third-order valence-electron chi connectivity index (χ3n) is 6.36. The van der Waals surface area contributed by atoms with Gasteiger partial charge in [-0.3, -0.25) is 9.59 Å². The first-order valence-corrected chi connectivity index (χ1v) is 10.6. The number of thiazole rings is 1. The summed E-state index contributed by atoms with van der Waals surface area (Å²) in [4.78, 5) is 33.2. The van der Waals surface area contributed by atoms with Crippen molar-refractivity contribution < 1.29 is 9.59 Å². The van der Waals surface area contributed by atoms with Crippen molar-refractivity contribution in [1.82, 2.24) is 9.88 Å². The van der Waals surface area contributed by atoms with Crippen molar-refractivity contribution in [2.75, 3.05) is 0 Å². The van der Waals surface area contributed by atoms with Gasteiger partial charge >= 0.3 is 0 Å². The van der Waals surface area contributed by atoms with E-state index in [1.807, 2.05) is 6.92 Å². The fourth-order valence-corrected chi connectivity index (χ4v) is 6.11. The molecule has 1 saturated carbocycles. The van der Waals surface area contributed by atoms with Gasteiger partial charge < -0.3 is 10.6 Å². The van der Waals surface area contributed by atoms with Crippen LogP contribution in [0, 0.1) is 33.1 Å². The molecule has 0 bridgehead atoms. The van der Waals surface area contributed by atoms with Crippen LogP contribution in [-0.2, 0) is 4.79 Å². The fraction of sp³-hybridized carbons (Fsp3) is 0.455. The normalized spacial score (nSPS) is 26.5. The smallest absolute Gasteiger partial charge is 0.274 e. The summed E-state index contributed by atoms with van der Waals surface area (Å²) in [6.45, 7) is 10.2. The largest absolute Gasteiger partial charge is 0.369 e. The van der Waals surface area contributed by atoms with E-state index >= 15 is 0 Å². The maximum absolute atomic E-state index is 13.6. The molecule has 1 aliphatic carbocycles. The zero-order valence-electron chi connectivity index (χ0n) is 16.6. The molecule has 6 heteroatoms. The minimum Gasteiger partial charge on any atom is -0.369 e. The van der Waals surface area contributed by atoms with Crippen LogP contribution in [0.3, 0.4) is 0 Å². The Kier molecular flexibility index (Phi) is 4.57. The Hall–Kier alpha value is -2.21. The Morgan fingerprint density at radius 3 is 2.75 bits per heavy atom. The van der Waals surface area contributed by atoms with Crippen molar-refractivity contribution in [1.29, 1.82) is 0 Å². The monoisotopic (exact) mass is 396 g/mol. The van der Waals surface area contributed by atoms with Gasteiger partial charge in [0.05, 0.1) is 15.3 Å². The number of likely N-dealkylation sites (tertiary alicyclic amines) is 1. The second kappa shape index (κ2) is 6.69. The van der Waals surface area contributed by atoms with Crippen molar-refractivity contribution in [3.05, 3.63) is 47.0 Å². The number of carbonyl (C=O) groups is 2. The van der Waals surface area contributed by atoms with Gasteiger partial charge in [0, 0.05) is 12.1 Å². The maximum atomic E-state index is 13.6. The number of carbonyl (C=O) groups excluding carboxylic acids is 2.